The molecule has 47 heavy (non-hydrogen) atoms. The van der Waals surface area contributed by atoms with Crippen LogP contribution in [0.25, 0.3) is 10.9 Å². The molecule has 0 radical (unpaired) electrons. The van der Waals surface area contributed by atoms with Crippen LogP contribution in [0.3, 0.4) is 0 Å². The zero-order valence-electron chi connectivity index (χ0n) is 28.3. The van der Waals surface area contributed by atoms with Crippen molar-refractivity contribution in [2.75, 3.05) is 34.0 Å². The van der Waals surface area contributed by atoms with Gasteiger partial charge in [0.2, 0.25) is 0 Å². The molecule has 258 valence electrons. The van der Waals surface area contributed by atoms with Gasteiger partial charge in [0.1, 0.15) is 5.60 Å². The largest absolute Gasteiger partial charge is 0.474 e. The number of ketones is 1. The molecule has 12 nitrogen and oxygen atoms in total. The monoisotopic (exact) mass is 673 g/mol. The molecule has 1 spiro atoms. The topological polar surface area (TPSA) is 186 Å². The van der Waals surface area contributed by atoms with Gasteiger partial charge >= 0.3 is 7.82 Å². The third-order valence-corrected chi connectivity index (χ3v) is 12.6. The third-order valence-electron chi connectivity index (χ3n) is 11.2. The van der Waals surface area contributed by atoms with E-state index < -0.39 is 36.3 Å². The van der Waals surface area contributed by atoms with Crippen LogP contribution < -0.4 is 5.73 Å². The predicted molar refractivity (Wildman–Crippen MR) is 174 cm³/mol. The summed E-state index contributed by atoms with van der Waals surface area (Å²) in [5.74, 6) is -0.763. The molecular formula is C34H48N3O9P. The number of aliphatic hydroxyl groups is 2. The van der Waals surface area contributed by atoms with E-state index in [9.17, 15) is 19.7 Å². The SMILES string of the molecule is CC1(C)OC23CCC4(C)[C@@](O)(CCC5Cc6c([nH]c7ccc(C#N)cc67)[C@@]54C)C2=CC(=O)C1O3.CCN.COP(=O)(OC)OCCO. The van der Waals surface area contributed by atoms with Gasteiger partial charge in [-0.05, 0) is 81.8 Å². The van der Waals surface area contributed by atoms with E-state index in [0.29, 0.717) is 29.9 Å². The van der Waals surface area contributed by atoms with Crippen molar-refractivity contribution in [1.82, 2.24) is 4.98 Å². The highest BCUT2D eigenvalue weighted by atomic mass is 31.2. The standard InChI is InChI=1S/C28H30N2O4.C4H11O5P.C2H7N/c1-24(2)23-20(31)13-21-27(32)8-7-16-12-18-17-11-15(14-29)5-6-19(17)30-22(18)26(16,4)25(27,3)9-10-28(21,33-23)34-24;1-7-10(6,8-2)9-4-3-5;1-2-3/h5-6,11,13,16,23,30,32H,7-10,12H2,1-4H3;5H,3-4H2,1-2H3;2-3H2,1H3/t16?,23?,25?,26-,27-,28?;;/m1../s1. The van der Waals surface area contributed by atoms with Gasteiger partial charge in [-0.1, -0.05) is 20.8 Å². The summed E-state index contributed by atoms with van der Waals surface area (Å²) in [7, 11) is -0.938. The van der Waals surface area contributed by atoms with E-state index in [2.05, 4.69) is 38.5 Å². The van der Waals surface area contributed by atoms with Crippen LogP contribution in [0.1, 0.15) is 77.1 Å². The molecule has 2 saturated carbocycles. The number of carbonyl (C=O) groups excluding carboxylic acids is 1. The average molecular weight is 674 g/mol. The Morgan fingerprint density at radius 1 is 1.17 bits per heavy atom. The summed E-state index contributed by atoms with van der Waals surface area (Å²) in [4.78, 5) is 16.8. The summed E-state index contributed by atoms with van der Waals surface area (Å²) in [6.45, 7) is 10.7. The number of nitriles is 1. The number of nitrogens with zero attached hydrogens (tertiary/aromatic N) is 1. The van der Waals surface area contributed by atoms with E-state index in [1.807, 2.05) is 39.0 Å². The van der Waals surface area contributed by atoms with Gasteiger partial charge in [-0.2, -0.15) is 5.26 Å². The van der Waals surface area contributed by atoms with Crippen molar-refractivity contribution in [3.63, 3.8) is 0 Å². The van der Waals surface area contributed by atoms with Crippen LogP contribution in [0, 0.1) is 22.7 Å². The number of phosphoric acid groups is 1. The van der Waals surface area contributed by atoms with Gasteiger partial charge < -0.3 is 30.4 Å². The predicted octanol–water partition coefficient (Wildman–Crippen LogP) is 4.56. The Balaban J connectivity index is 0.000000286. The summed E-state index contributed by atoms with van der Waals surface area (Å²) in [5.41, 5.74) is 6.83. The second-order valence-electron chi connectivity index (χ2n) is 13.9. The zero-order valence-corrected chi connectivity index (χ0v) is 29.2. The summed E-state index contributed by atoms with van der Waals surface area (Å²) in [6, 6.07) is 8.09. The van der Waals surface area contributed by atoms with E-state index >= 15 is 0 Å². The Hall–Kier alpha value is -2.43. The average Bonchev–Trinajstić information content (AvgIpc) is 3.64. The van der Waals surface area contributed by atoms with Crippen LogP contribution >= 0.6 is 7.82 Å². The molecule has 7 rings (SSSR count). The van der Waals surface area contributed by atoms with Crippen molar-refractivity contribution < 1.29 is 42.6 Å². The quantitative estimate of drug-likeness (QED) is 0.326. The molecule has 3 fully saturated rings. The van der Waals surface area contributed by atoms with E-state index in [-0.39, 0.29) is 24.4 Å². The highest BCUT2D eigenvalue weighted by molar-refractivity contribution is 7.48. The van der Waals surface area contributed by atoms with Gasteiger partial charge in [-0.25, -0.2) is 4.57 Å². The van der Waals surface area contributed by atoms with Crippen molar-refractivity contribution in [2.24, 2.45) is 17.1 Å². The number of phosphoric ester groups is 1. The van der Waals surface area contributed by atoms with Gasteiger partial charge in [-0.15, -0.1) is 0 Å². The number of hydrogen-bond donors (Lipinski definition) is 4. The minimum Gasteiger partial charge on any atom is -0.394 e. The smallest absolute Gasteiger partial charge is 0.394 e. The molecule has 3 aliphatic carbocycles. The Bertz CT molecular complexity index is 1660. The van der Waals surface area contributed by atoms with Gasteiger partial charge in [-0.3, -0.25) is 18.4 Å². The first-order chi connectivity index (χ1) is 22.1. The normalized spacial score (nSPS) is 34.4. The number of hydrogen-bond acceptors (Lipinski definition) is 11. The first-order valence-electron chi connectivity index (χ1n) is 16.2. The fourth-order valence-electron chi connectivity index (χ4n) is 8.84. The minimum absolute atomic E-state index is 0.0566. The highest BCUT2D eigenvalue weighted by Gasteiger charge is 2.75. The first kappa shape index (κ1) is 35.9. The molecule has 1 saturated heterocycles. The molecule has 5 aliphatic rings. The summed E-state index contributed by atoms with van der Waals surface area (Å²) >= 11 is 0. The molecule has 2 aromatic rings. The molecule has 6 atom stereocenters. The number of rotatable bonds is 5. The van der Waals surface area contributed by atoms with Crippen LogP contribution in [0.5, 0.6) is 0 Å². The maximum atomic E-state index is 13.1. The third kappa shape index (κ3) is 5.27. The van der Waals surface area contributed by atoms with Crippen LogP contribution in [0.4, 0.5) is 0 Å². The molecule has 1 aromatic heterocycles. The van der Waals surface area contributed by atoms with E-state index in [4.69, 9.17) is 20.3 Å². The van der Waals surface area contributed by atoms with Gasteiger partial charge in [0, 0.05) is 53.6 Å². The maximum absolute atomic E-state index is 13.1. The number of nitrogens with one attached hydrogen (secondary N) is 1. The van der Waals surface area contributed by atoms with Crippen LogP contribution in [0.15, 0.2) is 29.8 Å². The van der Waals surface area contributed by atoms with Crippen molar-refractivity contribution in [2.45, 2.75) is 95.2 Å². The van der Waals surface area contributed by atoms with Gasteiger partial charge in [0.25, 0.3) is 0 Å². The fraction of sp³-hybridized carbons (Fsp3) is 0.647. The van der Waals surface area contributed by atoms with Crippen molar-refractivity contribution in [3.05, 3.63) is 46.7 Å². The van der Waals surface area contributed by atoms with Crippen molar-refractivity contribution in [1.29, 1.82) is 5.26 Å². The number of fused-ring (bicyclic) bond motifs is 9. The number of nitrogens with two attached hydrogens (primary N) is 1. The fourth-order valence-corrected chi connectivity index (χ4v) is 9.50. The summed E-state index contributed by atoms with van der Waals surface area (Å²) in [6.07, 6.45) is 4.72. The Labute approximate surface area is 276 Å². The lowest BCUT2D eigenvalue weighted by Crippen LogP contribution is -2.69. The van der Waals surface area contributed by atoms with E-state index in [1.54, 1.807) is 6.08 Å². The molecule has 0 amide bonds. The van der Waals surface area contributed by atoms with E-state index in [1.165, 1.54) is 25.5 Å². The second kappa shape index (κ2) is 12.5. The molecule has 4 unspecified atom stereocenters. The Morgan fingerprint density at radius 2 is 1.85 bits per heavy atom. The number of benzene rings is 1. The second-order valence-corrected chi connectivity index (χ2v) is 15.8. The lowest BCUT2D eigenvalue weighted by Gasteiger charge is -2.65. The maximum Gasteiger partial charge on any atom is 0.474 e. The minimum atomic E-state index is -3.36. The number of aromatic amines is 1. The van der Waals surface area contributed by atoms with E-state index in [0.717, 1.165) is 36.7 Å². The number of H-pyrrole nitrogens is 1. The van der Waals surface area contributed by atoms with Crippen LogP contribution in [0.2, 0.25) is 0 Å². The number of ether oxygens (including phenoxy) is 2. The zero-order chi connectivity index (χ0) is 34.6. The molecule has 2 bridgehead atoms. The lowest BCUT2D eigenvalue weighted by molar-refractivity contribution is -0.247. The van der Waals surface area contributed by atoms with Gasteiger partial charge in [0.15, 0.2) is 17.7 Å². The molecule has 13 heteroatoms. The Kier molecular flexibility index (Phi) is 9.52. The molecule has 3 heterocycles. The molecule has 2 aliphatic heterocycles. The van der Waals surface area contributed by atoms with Crippen molar-refractivity contribution >= 4 is 24.5 Å². The van der Waals surface area contributed by atoms with Crippen molar-refractivity contribution in [3.8, 4) is 6.07 Å². The highest BCUT2D eigenvalue weighted by Crippen LogP contribution is 2.71. The van der Waals surface area contributed by atoms with Crippen LogP contribution in [-0.4, -0.2) is 78.1 Å². The van der Waals surface area contributed by atoms with Crippen LogP contribution in [-0.2, 0) is 44.2 Å². The number of aliphatic hydroxyl groups excluding tert-OH is 1. The Morgan fingerprint density at radius 3 is 2.47 bits per heavy atom. The summed E-state index contributed by atoms with van der Waals surface area (Å²) in [5, 5.41) is 31.4. The van der Waals surface area contributed by atoms with Gasteiger partial charge in [0.05, 0.1) is 30.4 Å². The number of aromatic nitrogens is 1. The number of carbonyl (C=O) groups is 1. The summed E-state index contributed by atoms with van der Waals surface area (Å²) < 4.78 is 37.0. The first-order valence-corrected chi connectivity index (χ1v) is 17.6. The molecule has 5 N–H and O–H groups in total. The molecular weight excluding hydrogens is 625 g/mol. The lowest BCUT2D eigenvalue weighted by atomic mass is 9.42. The molecule has 1 aromatic carbocycles.